The molecular weight excluding hydrogens is 362 g/mol. The third-order valence-electron chi connectivity index (χ3n) is 5.46. The average molecular weight is 387 g/mol. The molecule has 3 atom stereocenters. The lowest BCUT2D eigenvalue weighted by atomic mass is 9.85. The van der Waals surface area contributed by atoms with Crippen LogP contribution in [-0.2, 0) is 19.6 Å². The zero-order chi connectivity index (χ0) is 19.1. The summed E-state index contributed by atoms with van der Waals surface area (Å²) in [5, 5.41) is 5.44. The van der Waals surface area contributed by atoms with Gasteiger partial charge in [0.25, 0.3) is 0 Å². The fraction of sp³-hybridized carbons (Fsp3) is 0.800. The van der Waals surface area contributed by atoms with Gasteiger partial charge < -0.3 is 9.80 Å². The quantitative estimate of drug-likeness (QED) is 0.591. The van der Waals surface area contributed by atoms with E-state index in [1.165, 1.54) is 9.21 Å². The van der Waals surface area contributed by atoms with Gasteiger partial charge in [0, 0.05) is 39.8 Å². The highest BCUT2D eigenvalue weighted by atomic mass is 32.2. The summed E-state index contributed by atoms with van der Waals surface area (Å²) >= 11 is 0. The number of urea groups is 1. The van der Waals surface area contributed by atoms with Crippen LogP contribution in [0.3, 0.4) is 0 Å². The number of nitrogens with one attached hydrogen (secondary N) is 2. The molecule has 0 aromatic carbocycles. The molecular formula is C15H25N5O5S. The number of carbonyl (C=O) groups is 3. The predicted octanol–water partition coefficient (Wildman–Crippen LogP) is -1.79. The van der Waals surface area contributed by atoms with E-state index in [0.717, 1.165) is 0 Å². The molecule has 0 radical (unpaired) electrons. The summed E-state index contributed by atoms with van der Waals surface area (Å²) in [7, 11) is -1.62. The van der Waals surface area contributed by atoms with Gasteiger partial charge in [-0.25, -0.2) is 13.2 Å². The highest BCUT2D eigenvalue weighted by molar-refractivity contribution is 7.89. The van der Waals surface area contributed by atoms with Crippen LogP contribution in [0.4, 0.5) is 4.79 Å². The molecule has 3 unspecified atom stereocenters. The van der Waals surface area contributed by atoms with Crippen LogP contribution in [0.1, 0.15) is 13.3 Å². The van der Waals surface area contributed by atoms with Crippen LogP contribution in [0, 0.1) is 11.8 Å². The van der Waals surface area contributed by atoms with Crippen molar-refractivity contribution in [3.8, 4) is 0 Å². The normalized spacial score (nSPS) is 30.8. The van der Waals surface area contributed by atoms with Crippen molar-refractivity contribution in [2.24, 2.45) is 11.8 Å². The maximum atomic E-state index is 12.8. The van der Waals surface area contributed by atoms with Crippen molar-refractivity contribution < 1.29 is 22.8 Å². The molecule has 2 N–H and O–H groups in total. The van der Waals surface area contributed by atoms with E-state index >= 15 is 0 Å². The van der Waals surface area contributed by atoms with Crippen molar-refractivity contribution in [2.45, 2.75) is 19.5 Å². The number of imide groups is 1. The molecule has 0 aromatic heterocycles. The van der Waals surface area contributed by atoms with Crippen LogP contribution in [0.2, 0.25) is 0 Å². The largest absolute Gasteiger partial charge is 0.340 e. The first-order valence-corrected chi connectivity index (χ1v) is 10.4. The molecule has 3 fully saturated rings. The van der Waals surface area contributed by atoms with E-state index in [2.05, 4.69) is 10.6 Å². The molecule has 3 rings (SSSR count). The lowest BCUT2D eigenvalue weighted by Gasteiger charge is -2.44. The van der Waals surface area contributed by atoms with E-state index in [0.29, 0.717) is 39.1 Å². The monoisotopic (exact) mass is 387 g/mol. The maximum Gasteiger partial charge on any atom is 0.325 e. The predicted molar refractivity (Wildman–Crippen MR) is 92.3 cm³/mol. The Labute approximate surface area is 152 Å². The SMILES string of the molecule is CCS(=O)(=O)N1CCN(C(=O)C2CNC3C(C2)C(=O)NC(=O)N3C)CC1. The van der Waals surface area contributed by atoms with Gasteiger partial charge in [-0.1, -0.05) is 0 Å². The number of hydrogen-bond donors (Lipinski definition) is 2. The van der Waals surface area contributed by atoms with Crippen LogP contribution < -0.4 is 10.6 Å². The van der Waals surface area contributed by atoms with E-state index in [4.69, 9.17) is 0 Å². The Balaban J connectivity index is 1.60. The Kier molecular flexibility index (Phi) is 5.22. The molecule has 0 bridgehead atoms. The van der Waals surface area contributed by atoms with Gasteiger partial charge in [0.15, 0.2) is 0 Å². The molecule has 3 heterocycles. The van der Waals surface area contributed by atoms with Crippen molar-refractivity contribution in [1.29, 1.82) is 0 Å². The number of piperidine rings is 1. The first-order valence-electron chi connectivity index (χ1n) is 8.82. The van der Waals surface area contributed by atoms with E-state index in [9.17, 15) is 22.8 Å². The standard InChI is InChI=1S/C15H25N5O5S/c1-3-26(24,25)20-6-4-19(5-7-20)14(22)10-8-11-12(16-9-10)18(2)15(23)17-13(11)21/h10-12,16H,3-9H2,1-2H3,(H,17,21,23). The molecule has 0 saturated carbocycles. The summed E-state index contributed by atoms with van der Waals surface area (Å²) in [4.78, 5) is 39.7. The van der Waals surface area contributed by atoms with E-state index in [1.54, 1.807) is 18.9 Å². The molecule has 4 amide bonds. The van der Waals surface area contributed by atoms with Crippen LogP contribution in [0.25, 0.3) is 0 Å². The van der Waals surface area contributed by atoms with Crippen molar-refractivity contribution in [3.63, 3.8) is 0 Å². The number of piperazine rings is 1. The second-order valence-corrected chi connectivity index (χ2v) is 9.18. The van der Waals surface area contributed by atoms with Crippen LogP contribution >= 0.6 is 0 Å². The molecule has 26 heavy (non-hydrogen) atoms. The molecule has 0 spiro atoms. The van der Waals surface area contributed by atoms with Crippen molar-refractivity contribution >= 4 is 27.9 Å². The lowest BCUT2D eigenvalue weighted by Crippen LogP contribution is -2.67. The number of nitrogens with zero attached hydrogens (tertiary/aromatic N) is 3. The second kappa shape index (κ2) is 7.12. The number of amides is 4. The van der Waals surface area contributed by atoms with Crippen molar-refractivity contribution in [1.82, 2.24) is 24.7 Å². The van der Waals surface area contributed by atoms with Crippen LogP contribution in [-0.4, -0.2) is 92.1 Å². The molecule has 11 heteroatoms. The van der Waals surface area contributed by atoms with Gasteiger partial charge in [0.1, 0.15) is 0 Å². The summed E-state index contributed by atoms with van der Waals surface area (Å²) in [5.41, 5.74) is 0. The first-order chi connectivity index (χ1) is 12.2. The summed E-state index contributed by atoms with van der Waals surface area (Å²) in [5.74, 6) is -1.21. The lowest BCUT2D eigenvalue weighted by molar-refractivity contribution is -0.141. The fourth-order valence-corrected chi connectivity index (χ4v) is 4.89. The summed E-state index contributed by atoms with van der Waals surface area (Å²) in [6.07, 6.45) is -0.0280. The number of hydrogen-bond acceptors (Lipinski definition) is 6. The molecule has 0 aromatic rings. The van der Waals surface area contributed by atoms with Crippen LogP contribution in [0.15, 0.2) is 0 Å². The first kappa shape index (κ1) is 19.1. The number of rotatable bonds is 3. The Morgan fingerprint density at radius 1 is 1.19 bits per heavy atom. The molecule has 10 nitrogen and oxygen atoms in total. The molecule has 146 valence electrons. The molecule has 0 aliphatic carbocycles. The minimum absolute atomic E-state index is 0.0535. The van der Waals surface area contributed by atoms with E-state index in [-0.39, 0.29) is 23.5 Å². The summed E-state index contributed by atoms with van der Waals surface area (Å²) in [6.45, 7) is 3.30. The molecule has 3 aliphatic heterocycles. The van der Waals surface area contributed by atoms with Crippen molar-refractivity contribution in [3.05, 3.63) is 0 Å². The van der Waals surface area contributed by atoms with Crippen molar-refractivity contribution in [2.75, 3.05) is 45.5 Å². The fourth-order valence-electron chi connectivity index (χ4n) is 3.81. The Morgan fingerprint density at radius 3 is 2.46 bits per heavy atom. The van der Waals surface area contributed by atoms with Gasteiger partial charge in [-0.15, -0.1) is 0 Å². The Bertz CT molecular complexity index is 703. The zero-order valence-corrected chi connectivity index (χ0v) is 15.8. The molecule has 3 saturated heterocycles. The van der Waals surface area contributed by atoms with Crippen LogP contribution in [0.5, 0.6) is 0 Å². The topological polar surface area (TPSA) is 119 Å². The van der Waals surface area contributed by atoms with Gasteiger partial charge >= 0.3 is 6.03 Å². The highest BCUT2D eigenvalue weighted by Gasteiger charge is 2.45. The Hall–Kier alpha value is -1.72. The Morgan fingerprint density at radius 2 is 1.85 bits per heavy atom. The van der Waals surface area contributed by atoms with Gasteiger partial charge in [-0.2, -0.15) is 4.31 Å². The van der Waals surface area contributed by atoms with E-state index < -0.39 is 28.1 Å². The van der Waals surface area contributed by atoms with Gasteiger partial charge in [-0.3, -0.25) is 20.2 Å². The zero-order valence-electron chi connectivity index (χ0n) is 15.0. The summed E-state index contributed by atoms with van der Waals surface area (Å²) in [6, 6.07) is -0.443. The minimum atomic E-state index is -3.24. The third-order valence-corrected chi connectivity index (χ3v) is 7.34. The third kappa shape index (κ3) is 3.42. The number of carbonyl (C=O) groups excluding carboxylic acids is 3. The summed E-state index contributed by atoms with van der Waals surface area (Å²) < 4.78 is 25.3. The molecule has 3 aliphatic rings. The second-order valence-electron chi connectivity index (χ2n) is 6.92. The number of sulfonamides is 1. The van der Waals surface area contributed by atoms with Gasteiger partial charge in [0.05, 0.1) is 23.8 Å². The minimum Gasteiger partial charge on any atom is -0.340 e. The highest BCUT2D eigenvalue weighted by Crippen LogP contribution is 2.27. The maximum absolute atomic E-state index is 12.8. The van der Waals surface area contributed by atoms with Gasteiger partial charge in [0.2, 0.25) is 21.8 Å². The average Bonchev–Trinajstić information content (AvgIpc) is 2.65. The van der Waals surface area contributed by atoms with E-state index in [1.807, 2.05) is 0 Å². The smallest absolute Gasteiger partial charge is 0.325 e. The van der Waals surface area contributed by atoms with Gasteiger partial charge in [-0.05, 0) is 13.3 Å². The number of fused-ring (bicyclic) bond motifs is 1.